The van der Waals surface area contributed by atoms with E-state index in [1.165, 1.54) is 5.56 Å². The molecule has 0 aliphatic heterocycles. The van der Waals surface area contributed by atoms with Crippen molar-refractivity contribution in [2.75, 3.05) is 12.4 Å². The molecule has 2 aromatic rings. The van der Waals surface area contributed by atoms with Crippen LogP contribution in [-0.4, -0.2) is 12.0 Å². The Morgan fingerprint density at radius 1 is 1.05 bits per heavy atom. The smallest absolute Gasteiger partial charge is 0.243 e. The number of hydrogen-bond donors (Lipinski definition) is 1. The number of nitrogens with one attached hydrogen (secondary N) is 1. The van der Waals surface area contributed by atoms with Gasteiger partial charge in [-0.3, -0.25) is 0 Å². The lowest BCUT2D eigenvalue weighted by atomic mass is 9.86. The topological polar surface area (TPSA) is 34.2 Å². The molecule has 0 atom stereocenters. The molecule has 0 unspecified atom stereocenters. The molecule has 3 heteroatoms. The summed E-state index contributed by atoms with van der Waals surface area (Å²) in [5, 5.41) is 3.11. The summed E-state index contributed by atoms with van der Waals surface area (Å²) in [7, 11) is 1.87. The van der Waals surface area contributed by atoms with Gasteiger partial charge in [0.2, 0.25) is 5.88 Å². The van der Waals surface area contributed by atoms with Gasteiger partial charge in [0.15, 0.2) is 0 Å². The van der Waals surface area contributed by atoms with Crippen LogP contribution in [0.15, 0.2) is 36.4 Å². The van der Waals surface area contributed by atoms with E-state index in [1.54, 1.807) is 0 Å². The maximum Gasteiger partial charge on any atom is 0.243 e. The highest BCUT2D eigenvalue weighted by atomic mass is 16.5. The number of aryl methyl sites for hydroxylation is 1. The Hall–Kier alpha value is -2.03. The van der Waals surface area contributed by atoms with Crippen molar-refractivity contribution in [3.05, 3.63) is 47.7 Å². The highest BCUT2D eigenvalue weighted by molar-refractivity contribution is 5.54. The number of para-hydroxylation sites is 1. The molecule has 20 heavy (non-hydrogen) atoms. The number of aromatic nitrogens is 1. The zero-order valence-corrected chi connectivity index (χ0v) is 12.8. The van der Waals surface area contributed by atoms with Gasteiger partial charge in [0.05, 0.1) is 5.69 Å². The second kappa shape index (κ2) is 5.53. The van der Waals surface area contributed by atoms with Gasteiger partial charge in [-0.15, -0.1) is 0 Å². The predicted molar refractivity (Wildman–Crippen MR) is 83.7 cm³/mol. The third-order valence-corrected chi connectivity index (χ3v) is 3.17. The molecule has 1 N–H and O–H groups in total. The molecule has 0 bridgehead atoms. The van der Waals surface area contributed by atoms with E-state index in [2.05, 4.69) is 37.1 Å². The third kappa shape index (κ3) is 3.10. The van der Waals surface area contributed by atoms with Crippen molar-refractivity contribution in [3.63, 3.8) is 0 Å². The Morgan fingerprint density at radius 2 is 1.75 bits per heavy atom. The van der Waals surface area contributed by atoms with Crippen LogP contribution in [0.25, 0.3) is 0 Å². The first-order chi connectivity index (χ1) is 9.41. The van der Waals surface area contributed by atoms with Gasteiger partial charge in [0.1, 0.15) is 5.75 Å². The first-order valence-electron chi connectivity index (χ1n) is 6.84. The Morgan fingerprint density at radius 3 is 2.40 bits per heavy atom. The van der Waals surface area contributed by atoms with Crippen molar-refractivity contribution in [2.45, 2.75) is 33.1 Å². The van der Waals surface area contributed by atoms with Crippen molar-refractivity contribution >= 4 is 5.69 Å². The molecule has 0 saturated carbocycles. The van der Waals surface area contributed by atoms with E-state index in [-0.39, 0.29) is 5.41 Å². The van der Waals surface area contributed by atoms with E-state index >= 15 is 0 Å². The van der Waals surface area contributed by atoms with Crippen LogP contribution in [0.4, 0.5) is 5.69 Å². The number of nitrogens with zero attached hydrogens (tertiary/aromatic N) is 1. The van der Waals surface area contributed by atoms with Crippen molar-refractivity contribution in [2.24, 2.45) is 0 Å². The van der Waals surface area contributed by atoms with E-state index in [4.69, 9.17) is 4.74 Å². The lowest BCUT2D eigenvalue weighted by molar-refractivity contribution is 0.441. The lowest BCUT2D eigenvalue weighted by Crippen LogP contribution is -2.12. The predicted octanol–water partition coefficient (Wildman–Crippen LogP) is 4.52. The van der Waals surface area contributed by atoms with Crippen LogP contribution in [0.3, 0.4) is 0 Å². The molecule has 1 heterocycles. The zero-order chi connectivity index (χ0) is 14.8. The summed E-state index contributed by atoms with van der Waals surface area (Å²) in [6, 6.07) is 12.1. The molecule has 1 aromatic carbocycles. The number of pyridine rings is 1. The fourth-order valence-corrected chi connectivity index (χ4v) is 2.08. The van der Waals surface area contributed by atoms with Gasteiger partial charge in [0.25, 0.3) is 0 Å². The normalized spacial score (nSPS) is 11.2. The third-order valence-electron chi connectivity index (χ3n) is 3.17. The SMILES string of the molecule is CNc1ccc(C)nc1Oc1ccccc1C(C)(C)C. The van der Waals surface area contributed by atoms with Gasteiger partial charge >= 0.3 is 0 Å². The van der Waals surface area contributed by atoms with Gasteiger partial charge in [-0.2, -0.15) is 0 Å². The molecule has 3 nitrogen and oxygen atoms in total. The molecular formula is C17H22N2O. The van der Waals surface area contributed by atoms with Crippen LogP contribution in [0, 0.1) is 6.92 Å². The minimum absolute atomic E-state index is 0.0280. The average molecular weight is 270 g/mol. The summed E-state index contributed by atoms with van der Waals surface area (Å²) < 4.78 is 6.07. The summed E-state index contributed by atoms with van der Waals surface area (Å²) in [4.78, 5) is 4.48. The molecule has 1 aromatic heterocycles. The standard InChI is InChI=1S/C17H22N2O/c1-12-10-11-14(18-5)16(19-12)20-15-9-7-6-8-13(15)17(2,3)4/h6-11,18H,1-5H3. The lowest BCUT2D eigenvalue weighted by Gasteiger charge is -2.22. The molecule has 106 valence electrons. The minimum Gasteiger partial charge on any atom is -0.437 e. The number of rotatable bonds is 3. The largest absolute Gasteiger partial charge is 0.437 e. The molecule has 0 spiro atoms. The monoisotopic (exact) mass is 270 g/mol. The van der Waals surface area contributed by atoms with E-state index in [0.717, 1.165) is 17.1 Å². The second-order valence-electron chi connectivity index (χ2n) is 5.90. The second-order valence-corrected chi connectivity index (χ2v) is 5.90. The maximum atomic E-state index is 6.07. The number of anilines is 1. The van der Waals surface area contributed by atoms with Gasteiger partial charge in [-0.25, -0.2) is 4.98 Å². The number of benzene rings is 1. The Balaban J connectivity index is 2.43. The zero-order valence-electron chi connectivity index (χ0n) is 12.8. The summed E-state index contributed by atoms with van der Waals surface area (Å²) >= 11 is 0. The van der Waals surface area contributed by atoms with Crippen molar-refractivity contribution in [1.82, 2.24) is 4.98 Å². The van der Waals surface area contributed by atoms with Crippen LogP contribution in [0.1, 0.15) is 32.0 Å². The molecule has 0 aliphatic carbocycles. The molecule has 0 saturated heterocycles. The highest BCUT2D eigenvalue weighted by Crippen LogP contribution is 2.35. The summed E-state index contributed by atoms with van der Waals surface area (Å²) in [6.45, 7) is 8.50. The first-order valence-corrected chi connectivity index (χ1v) is 6.84. The van der Waals surface area contributed by atoms with Crippen molar-refractivity contribution < 1.29 is 4.74 Å². The van der Waals surface area contributed by atoms with Crippen LogP contribution in [-0.2, 0) is 5.41 Å². The quantitative estimate of drug-likeness (QED) is 0.890. The summed E-state index contributed by atoms with van der Waals surface area (Å²) in [6.07, 6.45) is 0. The van der Waals surface area contributed by atoms with E-state index < -0.39 is 0 Å². The van der Waals surface area contributed by atoms with Gasteiger partial charge < -0.3 is 10.1 Å². The van der Waals surface area contributed by atoms with E-state index in [1.807, 2.05) is 44.3 Å². The van der Waals surface area contributed by atoms with Crippen LogP contribution in [0.2, 0.25) is 0 Å². The molecule has 0 radical (unpaired) electrons. The fraction of sp³-hybridized carbons (Fsp3) is 0.353. The van der Waals surface area contributed by atoms with Gasteiger partial charge in [-0.05, 0) is 30.5 Å². The summed E-state index contributed by atoms with van der Waals surface area (Å²) in [5.41, 5.74) is 3.03. The van der Waals surface area contributed by atoms with Crippen LogP contribution in [0.5, 0.6) is 11.6 Å². The maximum absolute atomic E-state index is 6.07. The Bertz CT molecular complexity index is 600. The molecule has 0 amide bonds. The van der Waals surface area contributed by atoms with Crippen molar-refractivity contribution in [1.29, 1.82) is 0 Å². The van der Waals surface area contributed by atoms with Crippen molar-refractivity contribution in [3.8, 4) is 11.6 Å². The van der Waals surface area contributed by atoms with Gasteiger partial charge in [-0.1, -0.05) is 39.0 Å². The minimum atomic E-state index is 0.0280. The Kier molecular flexibility index (Phi) is 3.98. The average Bonchev–Trinajstić information content (AvgIpc) is 2.38. The van der Waals surface area contributed by atoms with Crippen LogP contribution >= 0.6 is 0 Å². The summed E-state index contributed by atoms with van der Waals surface area (Å²) in [5.74, 6) is 1.47. The first kappa shape index (κ1) is 14.4. The Labute approximate surface area is 121 Å². The van der Waals surface area contributed by atoms with Gasteiger partial charge in [0, 0.05) is 18.3 Å². The van der Waals surface area contributed by atoms with Crippen LogP contribution < -0.4 is 10.1 Å². The molecule has 2 rings (SSSR count). The van der Waals surface area contributed by atoms with E-state index in [0.29, 0.717) is 5.88 Å². The number of ether oxygens (including phenoxy) is 1. The molecule has 0 fully saturated rings. The number of hydrogen-bond acceptors (Lipinski definition) is 3. The fourth-order valence-electron chi connectivity index (χ4n) is 2.08. The highest BCUT2D eigenvalue weighted by Gasteiger charge is 2.19. The van der Waals surface area contributed by atoms with E-state index in [9.17, 15) is 0 Å². The molecule has 0 aliphatic rings. The molecular weight excluding hydrogens is 248 g/mol.